The Labute approximate surface area is 188 Å². The van der Waals surface area contributed by atoms with Crippen LogP contribution in [0.2, 0.25) is 0 Å². The number of esters is 1. The van der Waals surface area contributed by atoms with Crippen LogP contribution in [0.4, 0.5) is 0 Å². The summed E-state index contributed by atoms with van der Waals surface area (Å²) in [6.45, 7) is 3.51. The molecular weight excluding hydrogens is 410 g/mol. The first-order chi connectivity index (χ1) is 15.3. The van der Waals surface area contributed by atoms with Gasteiger partial charge in [0.2, 0.25) is 5.91 Å². The van der Waals surface area contributed by atoms with Crippen LogP contribution in [0.5, 0.6) is 11.5 Å². The summed E-state index contributed by atoms with van der Waals surface area (Å²) in [5.41, 5.74) is 3.20. The third kappa shape index (κ3) is 4.77. The first kappa shape index (κ1) is 23.3. The fourth-order valence-electron chi connectivity index (χ4n) is 3.94. The Balaban J connectivity index is 2.21. The first-order valence-corrected chi connectivity index (χ1v) is 10.5. The minimum Gasteiger partial charge on any atom is -0.496 e. The maximum Gasteiger partial charge on any atom is 0.328 e. The summed E-state index contributed by atoms with van der Waals surface area (Å²) >= 11 is 0. The highest BCUT2D eigenvalue weighted by molar-refractivity contribution is 5.92. The van der Waals surface area contributed by atoms with Crippen molar-refractivity contribution in [3.05, 3.63) is 47.5 Å². The average molecular weight is 440 g/mol. The third-order valence-electron chi connectivity index (χ3n) is 5.96. The van der Waals surface area contributed by atoms with Gasteiger partial charge in [-0.05, 0) is 35.4 Å². The second-order valence-corrected chi connectivity index (χ2v) is 8.08. The number of nitrogens with one attached hydrogen (secondary N) is 1. The first-order valence-electron chi connectivity index (χ1n) is 10.5. The smallest absolute Gasteiger partial charge is 0.328 e. The predicted octanol–water partition coefficient (Wildman–Crippen LogP) is 3.28. The second kappa shape index (κ2) is 9.85. The number of rotatable bonds is 3. The minimum absolute atomic E-state index is 0.0591. The number of methoxy groups -OCH3 is 3. The molecule has 0 saturated carbocycles. The highest BCUT2D eigenvalue weighted by Crippen LogP contribution is 2.39. The number of ether oxygens (including phenoxy) is 3. The quantitative estimate of drug-likeness (QED) is 0.738. The molecule has 0 aromatic heterocycles. The van der Waals surface area contributed by atoms with Crippen molar-refractivity contribution in [2.75, 3.05) is 21.3 Å². The lowest BCUT2D eigenvalue weighted by molar-refractivity contribution is -0.145. The summed E-state index contributed by atoms with van der Waals surface area (Å²) in [6, 6.07) is 10.3. The lowest BCUT2D eigenvalue weighted by Crippen LogP contribution is -2.45. The number of hydrogen-bond donors (Lipinski definition) is 1. The van der Waals surface area contributed by atoms with E-state index in [2.05, 4.69) is 5.32 Å². The molecule has 0 aliphatic carbocycles. The highest BCUT2D eigenvalue weighted by Gasteiger charge is 2.28. The molecule has 0 spiro atoms. The molecule has 3 rings (SSSR count). The Morgan fingerprint density at radius 1 is 0.906 bits per heavy atom. The number of carbonyl (C=O) groups excluding carboxylic acids is 3. The van der Waals surface area contributed by atoms with Gasteiger partial charge >= 0.3 is 5.97 Å². The molecule has 32 heavy (non-hydrogen) atoms. The van der Waals surface area contributed by atoms with Crippen LogP contribution in [0.25, 0.3) is 11.1 Å². The summed E-state index contributed by atoms with van der Waals surface area (Å²) < 4.78 is 16.1. The molecule has 2 aromatic rings. The van der Waals surface area contributed by atoms with Crippen LogP contribution < -0.4 is 14.8 Å². The Hall–Kier alpha value is -3.35. The van der Waals surface area contributed by atoms with E-state index in [1.807, 2.05) is 43.3 Å². The largest absolute Gasteiger partial charge is 0.496 e. The molecule has 1 amide bonds. The summed E-state index contributed by atoms with van der Waals surface area (Å²) in [5, 5.41) is 2.75. The molecule has 0 radical (unpaired) electrons. The zero-order valence-electron chi connectivity index (χ0n) is 19.1. The summed E-state index contributed by atoms with van der Waals surface area (Å²) in [7, 11) is 4.45. The molecule has 0 saturated heterocycles. The van der Waals surface area contributed by atoms with Crippen LogP contribution in [0.15, 0.2) is 36.4 Å². The van der Waals surface area contributed by atoms with E-state index in [1.165, 1.54) is 7.11 Å². The zero-order valence-corrected chi connectivity index (χ0v) is 19.1. The number of carbonyl (C=O) groups is 3. The predicted molar refractivity (Wildman–Crippen MR) is 120 cm³/mol. The number of ketones is 1. The fourth-order valence-corrected chi connectivity index (χ4v) is 3.94. The van der Waals surface area contributed by atoms with Crippen molar-refractivity contribution in [1.82, 2.24) is 5.32 Å². The lowest BCUT2D eigenvalue weighted by atomic mass is 9.87. The Morgan fingerprint density at radius 2 is 1.53 bits per heavy atom. The normalized spacial score (nSPS) is 21.2. The average Bonchev–Trinajstić information content (AvgIpc) is 2.81. The van der Waals surface area contributed by atoms with Gasteiger partial charge in [0.15, 0.2) is 0 Å². The van der Waals surface area contributed by atoms with Gasteiger partial charge in [-0.2, -0.15) is 0 Å². The van der Waals surface area contributed by atoms with Crippen molar-refractivity contribution in [2.45, 2.75) is 38.6 Å². The van der Waals surface area contributed by atoms with Gasteiger partial charge in [0.1, 0.15) is 23.3 Å². The Morgan fingerprint density at radius 3 is 2.16 bits per heavy atom. The van der Waals surface area contributed by atoms with Crippen molar-refractivity contribution in [3.8, 4) is 22.6 Å². The molecule has 3 atom stereocenters. The van der Waals surface area contributed by atoms with E-state index >= 15 is 0 Å². The molecular formula is C25H29NO6. The van der Waals surface area contributed by atoms with Crippen LogP contribution in [0.3, 0.4) is 0 Å². The van der Waals surface area contributed by atoms with Crippen molar-refractivity contribution in [2.24, 2.45) is 5.92 Å². The van der Waals surface area contributed by atoms with Gasteiger partial charge in [0.05, 0.1) is 21.3 Å². The van der Waals surface area contributed by atoms with E-state index in [9.17, 15) is 14.4 Å². The van der Waals surface area contributed by atoms with Crippen LogP contribution >= 0.6 is 0 Å². The molecule has 1 heterocycles. The SMILES string of the molecule is COC(=O)[C@@H]1Cc2ccc(OC)c(c2)-c2cc(ccc2OC)[C@H](C)C(=O)C[C@@H](C)C(=O)N1. The number of fused-ring (bicyclic) bond motifs is 5. The summed E-state index contributed by atoms with van der Waals surface area (Å²) in [4.78, 5) is 38.1. The lowest BCUT2D eigenvalue weighted by Gasteiger charge is -2.22. The van der Waals surface area contributed by atoms with E-state index in [4.69, 9.17) is 14.2 Å². The van der Waals surface area contributed by atoms with Gasteiger partial charge in [0, 0.05) is 35.8 Å². The third-order valence-corrected chi connectivity index (χ3v) is 5.96. The molecule has 2 aromatic carbocycles. The van der Waals surface area contributed by atoms with Gasteiger partial charge in [-0.15, -0.1) is 0 Å². The summed E-state index contributed by atoms with van der Waals surface area (Å²) in [5.74, 6) is -0.690. The standard InChI is InChI=1S/C25H29NO6/c1-14-10-21(27)15(2)17-7-9-23(31-4)19(13-17)18-11-16(6-8-22(18)30-3)12-20(25(29)32-5)26-24(14)28/h6-9,11,13-15,20H,10,12H2,1-5H3,(H,26,28)/t14-,15+,20+/m1/s1. The monoisotopic (exact) mass is 439 g/mol. The van der Waals surface area contributed by atoms with Gasteiger partial charge in [-0.1, -0.05) is 26.0 Å². The molecule has 4 bridgehead atoms. The van der Waals surface area contributed by atoms with Crippen molar-refractivity contribution >= 4 is 17.7 Å². The van der Waals surface area contributed by atoms with Gasteiger partial charge in [0.25, 0.3) is 0 Å². The molecule has 1 N–H and O–H groups in total. The number of benzene rings is 2. The van der Waals surface area contributed by atoms with Crippen LogP contribution in [-0.2, 0) is 25.5 Å². The molecule has 1 aliphatic heterocycles. The molecule has 170 valence electrons. The van der Waals surface area contributed by atoms with E-state index in [1.54, 1.807) is 21.1 Å². The minimum atomic E-state index is -0.875. The van der Waals surface area contributed by atoms with Crippen molar-refractivity contribution < 1.29 is 28.6 Å². The van der Waals surface area contributed by atoms with Gasteiger partial charge in [-0.25, -0.2) is 4.79 Å². The van der Waals surface area contributed by atoms with E-state index < -0.39 is 23.8 Å². The molecule has 1 aliphatic rings. The van der Waals surface area contributed by atoms with E-state index in [0.717, 1.165) is 22.3 Å². The molecule has 0 fully saturated rings. The topological polar surface area (TPSA) is 90.9 Å². The van der Waals surface area contributed by atoms with Crippen LogP contribution in [0, 0.1) is 5.92 Å². The van der Waals surface area contributed by atoms with E-state index in [-0.39, 0.29) is 24.5 Å². The maximum atomic E-state index is 12.9. The maximum absolute atomic E-state index is 12.9. The van der Waals surface area contributed by atoms with Gasteiger partial charge in [-0.3, -0.25) is 9.59 Å². The van der Waals surface area contributed by atoms with E-state index in [0.29, 0.717) is 11.5 Å². The number of amides is 1. The number of Topliss-reactive ketones (excluding diaryl/α,β-unsaturated/α-hetero) is 1. The highest BCUT2D eigenvalue weighted by atomic mass is 16.5. The van der Waals surface area contributed by atoms with Crippen molar-refractivity contribution in [3.63, 3.8) is 0 Å². The Kier molecular flexibility index (Phi) is 7.18. The zero-order chi connectivity index (χ0) is 23.4. The van der Waals surface area contributed by atoms with Crippen LogP contribution in [0.1, 0.15) is 37.3 Å². The van der Waals surface area contributed by atoms with Crippen molar-refractivity contribution in [1.29, 1.82) is 0 Å². The van der Waals surface area contributed by atoms with Crippen LogP contribution in [-0.4, -0.2) is 45.0 Å². The summed E-state index contributed by atoms with van der Waals surface area (Å²) in [6.07, 6.45) is 0.297. The second-order valence-electron chi connectivity index (χ2n) is 8.08. The number of hydrogen-bond acceptors (Lipinski definition) is 6. The molecule has 7 nitrogen and oxygen atoms in total. The molecule has 7 heteroatoms. The molecule has 0 unspecified atom stereocenters. The van der Waals surface area contributed by atoms with Gasteiger partial charge < -0.3 is 19.5 Å². The Bertz CT molecular complexity index is 1030. The fraction of sp³-hybridized carbons (Fsp3) is 0.400.